The number of carbonyl (C=O) groups excluding carboxylic acids is 1. The molecule has 0 radical (unpaired) electrons. The van der Waals surface area contributed by atoms with Crippen LogP contribution in [0.4, 0.5) is 10.8 Å². The van der Waals surface area contributed by atoms with Gasteiger partial charge in [0.25, 0.3) is 5.91 Å². The third kappa shape index (κ3) is 3.33. The van der Waals surface area contributed by atoms with E-state index in [0.29, 0.717) is 27.0 Å². The van der Waals surface area contributed by atoms with Crippen molar-refractivity contribution < 1.29 is 14.7 Å². The second-order valence-electron chi connectivity index (χ2n) is 4.19. The number of amides is 1. The minimum Gasteiger partial charge on any atom is -0.481 e. The van der Waals surface area contributed by atoms with Gasteiger partial charge in [-0.15, -0.1) is 0 Å². The van der Waals surface area contributed by atoms with E-state index in [1.807, 2.05) is 0 Å². The summed E-state index contributed by atoms with van der Waals surface area (Å²) in [7, 11) is 0. The van der Waals surface area contributed by atoms with E-state index in [2.05, 4.69) is 10.3 Å². The number of aryl methyl sites for hydroxylation is 1. The standard InChI is InChI=1S/C13H13N3O3S/c1-7-11(20-13(14)15-7)12(19)16-9-4-2-3-8(5-9)6-10(17)18/h2-5H,6H2,1H3,(H2,14,15)(H,16,19)(H,17,18). The van der Waals surface area contributed by atoms with Crippen LogP contribution in [0.2, 0.25) is 0 Å². The molecule has 1 aromatic carbocycles. The van der Waals surface area contributed by atoms with Crippen molar-refractivity contribution in [3.8, 4) is 0 Å². The maximum atomic E-state index is 12.1. The fourth-order valence-corrected chi connectivity index (χ4v) is 2.48. The highest BCUT2D eigenvalue weighted by Gasteiger charge is 2.14. The maximum absolute atomic E-state index is 12.1. The van der Waals surface area contributed by atoms with Crippen molar-refractivity contribution in [1.29, 1.82) is 0 Å². The molecule has 0 aliphatic carbocycles. The highest BCUT2D eigenvalue weighted by molar-refractivity contribution is 7.17. The molecule has 4 N–H and O–H groups in total. The topological polar surface area (TPSA) is 105 Å². The zero-order chi connectivity index (χ0) is 14.7. The molecule has 1 amide bonds. The Bertz CT molecular complexity index is 667. The lowest BCUT2D eigenvalue weighted by atomic mass is 10.1. The van der Waals surface area contributed by atoms with Crippen LogP contribution in [0.5, 0.6) is 0 Å². The zero-order valence-corrected chi connectivity index (χ0v) is 11.5. The smallest absolute Gasteiger partial charge is 0.307 e. The van der Waals surface area contributed by atoms with Gasteiger partial charge in [0.2, 0.25) is 0 Å². The van der Waals surface area contributed by atoms with Crippen molar-refractivity contribution in [2.24, 2.45) is 0 Å². The summed E-state index contributed by atoms with van der Waals surface area (Å²) in [5.74, 6) is -1.22. The van der Waals surface area contributed by atoms with E-state index in [4.69, 9.17) is 10.8 Å². The van der Waals surface area contributed by atoms with Gasteiger partial charge in [0.05, 0.1) is 12.1 Å². The van der Waals surface area contributed by atoms with Gasteiger partial charge in [-0.1, -0.05) is 23.5 Å². The number of nitrogens with two attached hydrogens (primary N) is 1. The van der Waals surface area contributed by atoms with Gasteiger partial charge in [-0.2, -0.15) is 0 Å². The fraction of sp³-hybridized carbons (Fsp3) is 0.154. The number of benzene rings is 1. The van der Waals surface area contributed by atoms with E-state index in [-0.39, 0.29) is 12.3 Å². The van der Waals surface area contributed by atoms with Gasteiger partial charge in [0.15, 0.2) is 5.13 Å². The van der Waals surface area contributed by atoms with Crippen LogP contribution in [0.3, 0.4) is 0 Å². The first kappa shape index (κ1) is 14.0. The lowest BCUT2D eigenvalue weighted by Gasteiger charge is -2.05. The predicted octanol–water partition coefficient (Wildman–Crippen LogP) is 1.91. The monoisotopic (exact) mass is 291 g/mol. The van der Waals surface area contributed by atoms with Crippen molar-refractivity contribution in [2.45, 2.75) is 13.3 Å². The Morgan fingerprint density at radius 2 is 2.20 bits per heavy atom. The molecule has 104 valence electrons. The summed E-state index contributed by atoms with van der Waals surface area (Å²) in [6.45, 7) is 1.71. The molecule has 0 fully saturated rings. The third-order valence-electron chi connectivity index (χ3n) is 2.56. The van der Waals surface area contributed by atoms with Crippen LogP contribution >= 0.6 is 11.3 Å². The summed E-state index contributed by atoms with van der Waals surface area (Å²) in [4.78, 5) is 27.2. The maximum Gasteiger partial charge on any atom is 0.307 e. The summed E-state index contributed by atoms with van der Waals surface area (Å²) in [5.41, 5.74) is 7.29. The van der Waals surface area contributed by atoms with Gasteiger partial charge in [-0.25, -0.2) is 4.98 Å². The first-order chi connectivity index (χ1) is 9.45. The lowest BCUT2D eigenvalue weighted by Crippen LogP contribution is -2.12. The number of carbonyl (C=O) groups is 2. The number of carboxylic acid groups (broad SMARTS) is 1. The Kier molecular flexibility index (Phi) is 3.99. The molecule has 20 heavy (non-hydrogen) atoms. The number of nitrogen functional groups attached to an aromatic ring is 1. The molecule has 7 heteroatoms. The van der Waals surface area contributed by atoms with Crippen LogP contribution in [-0.4, -0.2) is 22.0 Å². The second-order valence-corrected chi connectivity index (χ2v) is 5.22. The van der Waals surface area contributed by atoms with Crippen LogP contribution in [-0.2, 0) is 11.2 Å². The minimum absolute atomic E-state index is 0.0871. The van der Waals surface area contributed by atoms with Gasteiger partial charge in [-0.05, 0) is 24.6 Å². The van der Waals surface area contributed by atoms with Gasteiger partial charge in [-0.3, -0.25) is 9.59 Å². The van der Waals surface area contributed by atoms with E-state index < -0.39 is 5.97 Å². The highest BCUT2D eigenvalue weighted by Crippen LogP contribution is 2.21. The number of aromatic nitrogens is 1. The van der Waals surface area contributed by atoms with E-state index in [1.54, 1.807) is 31.2 Å². The molecule has 0 saturated carbocycles. The SMILES string of the molecule is Cc1nc(N)sc1C(=O)Nc1cccc(CC(=O)O)c1. The first-order valence-electron chi connectivity index (χ1n) is 5.80. The molecule has 1 aromatic heterocycles. The summed E-state index contributed by atoms with van der Waals surface area (Å²) in [5, 5.41) is 11.8. The van der Waals surface area contributed by atoms with E-state index >= 15 is 0 Å². The molecule has 1 heterocycles. The van der Waals surface area contributed by atoms with Crippen molar-refractivity contribution >= 4 is 34.0 Å². The Balaban J connectivity index is 2.15. The van der Waals surface area contributed by atoms with Crippen LogP contribution in [0.15, 0.2) is 24.3 Å². The minimum atomic E-state index is -0.917. The largest absolute Gasteiger partial charge is 0.481 e. The van der Waals surface area contributed by atoms with Crippen LogP contribution < -0.4 is 11.1 Å². The van der Waals surface area contributed by atoms with E-state index in [0.717, 1.165) is 11.3 Å². The van der Waals surface area contributed by atoms with Gasteiger partial charge in [0, 0.05) is 5.69 Å². The molecule has 0 atom stereocenters. The third-order valence-corrected chi connectivity index (χ3v) is 3.54. The van der Waals surface area contributed by atoms with E-state index in [1.165, 1.54) is 0 Å². The number of nitrogens with zero attached hydrogens (tertiary/aromatic N) is 1. The number of hydrogen-bond donors (Lipinski definition) is 3. The first-order valence-corrected chi connectivity index (χ1v) is 6.62. The molecule has 0 saturated heterocycles. The van der Waals surface area contributed by atoms with Gasteiger partial charge in [0.1, 0.15) is 4.88 Å². The molecule has 0 spiro atoms. The van der Waals surface area contributed by atoms with Gasteiger partial charge < -0.3 is 16.2 Å². The average Bonchev–Trinajstić information content (AvgIpc) is 2.68. The normalized spacial score (nSPS) is 10.2. The fourth-order valence-electron chi connectivity index (χ4n) is 1.75. The molecular weight excluding hydrogens is 278 g/mol. The molecule has 2 aromatic rings. The zero-order valence-electron chi connectivity index (χ0n) is 10.7. The Labute approximate surface area is 119 Å². The van der Waals surface area contributed by atoms with Crippen molar-refractivity contribution in [3.63, 3.8) is 0 Å². The number of rotatable bonds is 4. The lowest BCUT2D eigenvalue weighted by molar-refractivity contribution is -0.136. The quantitative estimate of drug-likeness (QED) is 0.798. The Morgan fingerprint density at radius 1 is 1.45 bits per heavy atom. The number of anilines is 2. The van der Waals surface area contributed by atoms with Crippen molar-refractivity contribution in [3.05, 3.63) is 40.4 Å². The molecule has 0 aliphatic heterocycles. The van der Waals surface area contributed by atoms with Crippen LogP contribution in [0.25, 0.3) is 0 Å². The Morgan fingerprint density at radius 3 is 2.80 bits per heavy atom. The van der Waals surface area contributed by atoms with E-state index in [9.17, 15) is 9.59 Å². The summed E-state index contributed by atoms with van der Waals surface area (Å²) < 4.78 is 0. The molecule has 0 bridgehead atoms. The molecule has 0 unspecified atom stereocenters. The second kappa shape index (κ2) is 5.70. The molecule has 6 nitrogen and oxygen atoms in total. The number of aliphatic carboxylic acids is 1. The summed E-state index contributed by atoms with van der Waals surface area (Å²) >= 11 is 1.12. The number of carboxylic acids is 1. The van der Waals surface area contributed by atoms with Crippen molar-refractivity contribution in [2.75, 3.05) is 11.1 Å². The highest BCUT2D eigenvalue weighted by atomic mass is 32.1. The Hall–Kier alpha value is -2.41. The summed E-state index contributed by atoms with van der Waals surface area (Å²) in [6, 6.07) is 6.72. The molecule has 0 aliphatic rings. The molecular formula is C13H13N3O3S. The average molecular weight is 291 g/mol. The number of thiazole rings is 1. The van der Waals surface area contributed by atoms with Crippen LogP contribution in [0.1, 0.15) is 20.9 Å². The number of nitrogens with one attached hydrogen (secondary N) is 1. The summed E-state index contributed by atoms with van der Waals surface area (Å²) in [6.07, 6.45) is -0.0871. The van der Waals surface area contributed by atoms with Crippen molar-refractivity contribution in [1.82, 2.24) is 4.98 Å². The predicted molar refractivity (Wildman–Crippen MR) is 77.0 cm³/mol. The molecule has 2 rings (SSSR count). The number of hydrogen-bond acceptors (Lipinski definition) is 5. The van der Waals surface area contributed by atoms with Crippen LogP contribution in [0, 0.1) is 6.92 Å². The van der Waals surface area contributed by atoms with Gasteiger partial charge >= 0.3 is 5.97 Å².